The highest BCUT2D eigenvalue weighted by Gasteiger charge is 2.05. The van der Waals surface area contributed by atoms with Crippen molar-refractivity contribution in [3.63, 3.8) is 0 Å². The molecule has 0 aliphatic rings. The van der Waals surface area contributed by atoms with Crippen molar-refractivity contribution in [1.29, 1.82) is 0 Å². The molecule has 0 saturated heterocycles. The highest BCUT2D eigenvalue weighted by molar-refractivity contribution is 5.85. The minimum absolute atomic E-state index is 0. The number of carbonyl (C=O) groups is 1. The van der Waals surface area contributed by atoms with Crippen molar-refractivity contribution in [1.82, 2.24) is 5.32 Å². The third-order valence-electron chi connectivity index (χ3n) is 2.25. The summed E-state index contributed by atoms with van der Waals surface area (Å²) in [4.78, 5) is 21.1. The Labute approximate surface area is 117 Å². The number of nitrogens with two attached hydrogens (primary N) is 1. The predicted octanol–water partition coefficient (Wildman–Crippen LogP) is 0.892. The van der Waals surface area contributed by atoms with Crippen molar-refractivity contribution in [2.45, 2.75) is 13.0 Å². The second kappa shape index (κ2) is 8.28. The fourth-order valence-corrected chi connectivity index (χ4v) is 1.25. The number of non-ortho nitro benzene ring substituents is 1. The zero-order valence-electron chi connectivity index (χ0n) is 10.5. The molecule has 1 aromatic carbocycles. The molecule has 0 aliphatic heterocycles. The standard InChI is InChI=1S/C11H16N4O3.ClH/c1-8(12)11(16)14-7-6-13-9-2-4-10(5-3-9)15(17)18;/h2-5,8,13H,6-7,12H2,1H3,(H,14,16);1H/t8-;/m1./s1. The maximum Gasteiger partial charge on any atom is 0.269 e. The van der Waals surface area contributed by atoms with Crippen molar-refractivity contribution in [2.24, 2.45) is 5.73 Å². The monoisotopic (exact) mass is 288 g/mol. The van der Waals surface area contributed by atoms with Crippen LogP contribution in [0.2, 0.25) is 0 Å². The first-order valence-electron chi connectivity index (χ1n) is 5.52. The van der Waals surface area contributed by atoms with Gasteiger partial charge in [0.2, 0.25) is 5.91 Å². The third-order valence-corrected chi connectivity index (χ3v) is 2.25. The molecule has 1 aromatic rings. The summed E-state index contributed by atoms with van der Waals surface area (Å²) in [7, 11) is 0. The van der Waals surface area contributed by atoms with Crippen LogP contribution in [0.1, 0.15) is 6.92 Å². The quantitative estimate of drug-likeness (QED) is 0.409. The van der Waals surface area contributed by atoms with Crippen LogP contribution in [0.25, 0.3) is 0 Å². The maximum atomic E-state index is 11.1. The van der Waals surface area contributed by atoms with Crippen LogP contribution in [0.3, 0.4) is 0 Å². The van der Waals surface area contributed by atoms with Gasteiger partial charge in [0.15, 0.2) is 0 Å². The number of amides is 1. The molecular weight excluding hydrogens is 272 g/mol. The van der Waals surface area contributed by atoms with Crippen LogP contribution in [0.5, 0.6) is 0 Å². The molecule has 0 aromatic heterocycles. The van der Waals surface area contributed by atoms with Crippen molar-refractivity contribution in [2.75, 3.05) is 18.4 Å². The SMILES string of the molecule is C[C@@H](N)C(=O)NCCNc1ccc([N+](=O)[O-])cc1.Cl. The van der Waals surface area contributed by atoms with Crippen molar-refractivity contribution < 1.29 is 9.72 Å². The van der Waals surface area contributed by atoms with E-state index < -0.39 is 11.0 Å². The first kappa shape index (κ1) is 17.1. The molecule has 0 heterocycles. The van der Waals surface area contributed by atoms with Crippen LogP contribution in [0, 0.1) is 10.1 Å². The molecule has 0 saturated carbocycles. The second-order valence-electron chi connectivity index (χ2n) is 3.81. The molecule has 0 fully saturated rings. The Balaban J connectivity index is 0.00000324. The predicted molar refractivity (Wildman–Crippen MR) is 75.5 cm³/mol. The molecule has 0 aliphatic carbocycles. The summed E-state index contributed by atoms with van der Waals surface area (Å²) in [6.07, 6.45) is 0. The summed E-state index contributed by atoms with van der Waals surface area (Å²) in [6.45, 7) is 2.58. The Kier molecular flexibility index (Phi) is 7.47. The van der Waals surface area contributed by atoms with Crippen LogP contribution in [-0.2, 0) is 4.79 Å². The Morgan fingerprint density at radius 1 is 1.37 bits per heavy atom. The second-order valence-corrected chi connectivity index (χ2v) is 3.81. The Hall–Kier alpha value is -1.86. The first-order chi connectivity index (χ1) is 8.50. The molecule has 1 atom stereocenters. The topological polar surface area (TPSA) is 110 Å². The van der Waals surface area contributed by atoms with Gasteiger partial charge in [-0.3, -0.25) is 14.9 Å². The van der Waals surface area contributed by atoms with Gasteiger partial charge in [-0.05, 0) is 19.1 Å². The van der Waals surface area contributed by atoms with Gasteiger partial charge >= 0.3 is 0 Å². The van der Waals surface area contributed by atoms with E-state index in [-0.39, 0.29) is 24.0 Å². The van der Waals surface area contributed by atoms with E-state index >= 15 is 0 Å². The zero-order chi connectivity index (χ0) is 13.5. The van der Waals surface area contributed by atoms with E-state index in [4.69, 9.17) is 5.73 Å². The Morgan fingerprint density at radius 2 is 1.95 bits per heavy atom. The van der Waals surface area contributed by atoms with E-state index in [2.05, 4.69) is 10.6 Å². The van der Waals surface area contributed by atoms with E-state index in [1.165, 1.54) is 12.1 Å². The lowest BCUT2D eigenvalue weighted by molar-refractivity contribution is -0.384. The third kappa shape index (κ3) is 6.03. The molecular formula is C11H17ClN4O3. The number of halogens is 1. The average molecular weight is 289 g/mol. The van der Waals surface area contributed by atoms with E-state index in [0.717, 1.165) is 5.69 Å². The van der Waals surface area contributed by atoms with Crippen LogP contribution >= 0.6 is 12.4 Å². The number of nitro groups is 1. The number of nitrogens with one attached hydrogen (secondary N) is 2. The van der Waals surface area contributed by atoms with E-state index in [0.29, 0.717) is 13.1 Å². The molecule has 1 rings (SSSR count). The molecule has 0 unspecified atom stereocenters. The summed E-state index contributed by atoms with van der Waals surface area (Å²) >= 11 is 0. The molecule has 106 valence electrons. The summed E-state index contributed by atoms with van der Waals surface area (Å²) in [5, 5.41) is 16.1. The van der Waals surface area contributed by atoms with Gasteiger partial charge in [0.1, 0.15) is 0 Å². The lowest BCUT2D eigenvalue weighted by Gasteiger charge is -2.09. The number of nitro benzene ring substituents is 1. The number of nitrogens with zero attached hydrogens (tertiary/aromatic N) is 1. The van der Waals surface area contributed by atoms with Gasteiger partial charge in [-0.1, -0.05) is 0 Å². The van der Waals surface area contributed by atoms with Gasteiger partial charge in [-0.2, -0.15) is 0 Å². The number of hydrogen-bond acceptors (Lipinski definition) is 5. The van der Waals surface area contributed by atoms with Crippen molar-refractivity contribution >= 4 is 29.7 Å². The number of anilines is 1. The molecule has 4 N–H and O–H groups in total. The Bertz CT molecular complexity index is 422. The largest absolute Gasteiger partial charge is 0.383 e. The van der Waals surface area contributed by atoms with Gasteiger partial charge in [-0.25, -0.2) is 0 Å². The normalized spacial score (nSPS) is 11.1. The summed E-state index contributed by atoms with van der Waals surface area (Å²) < 4.78 is 0. The van der Waals surface area contributed by atoms with E-state index in [1.807, 2.05) is 0 Å². The van der Waals surface area contributed by atoms with E-state index in [1.54, 1.807) is 19.1 Å². The van der Waals surface area contributed by atoms with Gasteiger partial charge in [0.05, 0.1) is 11.0 Å². The fraction of sp³-hybridized carbons (Fsp3) is 0.364. The first-order valence-corrected chi connectivity index (χ1v) is 5.52. The molecule has 0 spiro atoms. The lowest BCUT2D eigenvalue weighted by atomic mass is 10.3. The van der Waals surface area contributed by atoms with Crippen LogP contribution in [0.15, 0.2) is 24.3 Å². The van der Waals surface area contributed by atoms with Crippen LogP contribution in [-0.4, -0.2) is 30.0 Å². The number of hydrogen-bond donors (Lipinski definition) is 3. The summed E-state index contributed by atoms with van der Waals surface area (Å²) in [5.74, 6) is -0.208. The van der Waals surface area contributed by atoms with Gasteiger partial charge < -0.3 is 16.4 Å². The zero-order valence-corrected chi connectivity index (χ0v) is 11.3. The minimum atomic E-state index is -0.524. The molecule has 7 nitrogen and oxygen atoms in total. The van der Waals surface area contributed by atoms with E-state index in [9.17, 15) is 14.9 Å². The van der Waals surface area contributed by atoms with Crippen LogP contribution in [0.4, 0.5) is 11.4 Å². The van der Waals surface area contributed by atoms with Crippen molar-refractivity contribution in [3.05, 3.63) is 34.4 Å². The van der Waals surface area contributed by atoms with Gasteiger partial charge in [0, 0.05) is 30.9 Å². The highest BCUT2D eigenvalue weighted by Crippen LogP contribution is 2.14. The smallest absolute Gasteiger partial charge is 0.269 e. The highest BCUT2D eigenvalue weighted by atomic mass is 35.5. The molecule has 0 radical (unpaired) electrons. The van der Waals surface area contributed by atoms with Gasteiger partial charge in [-0.15, -0.1) is 12.4 Å². The molecule has 1 amide bonds. The number of benzene rings is 1. The van der Waals surface area contributed by atoms with Crippen LogP contribution < -0.4 is 16.4 Å². The number of carbonyl (C=O) groups excluding carboxylic acids is 1. The lowest BCUT2D eigenvalue weighted by Crippen LogP contribution is -2.40. The number of rotatable bonds is 6. The average Bonchev–Trinajstić information content (AvgIpc) is 2.34. The molecule has 8 heteroatoms. The Morgan fingerprint density at radius 3 is 2.42 bits per heavy atom. The summed E-state index contributed by atoms with van der Waals surface area (Å²) in [6, 6.07) is 5.55. The minimum Gasteiger partial charge on any atom is -0.383 e. The fourth-order valence-electron chi connectivity index (χ4n) is 1.25. The van der Waals surface area contributed by atoms with Gasteiger partial charge in [0.25, 0.3) is 5.69 Å². The van der Waals surface area contributed by atoms with Crippen molar-refractivity contribution in [3.8, 4) is 0 Å². The summed E-state index contributed by atoms with van der Waals surface area (Å²) in [5.41, 5.74) is 6.18. The molecule has 0 bridgehead atoms. The maximum absolute atomic E-state index is 11.1. The molecule has 19 heavy (non-hydrogen) atoms.